The van der Waals surface area contributed by atoms with Gasteiger partial charge in [0.15, 0.2) is 23.1 Å². The van der Waals surface area contributed by atoms with E-state index < -0.39 is 0 Å². The molecule has 0 saturated heterocycles. The van der Waals surface area contributed by atoms with Crippen molar-refractivity contribution in [2.24, 2.45) is 0 Å². The van der Waals surface area contributed by atoms with Crippen LogP contribution in [-0.2, 0) is 0 Å². The molecule has 6 aromatic rings. The molecule has 0 fully saturated rings. The molecule has 0 unspecified atom stereocenters. The first-order valence-electron chi connectivity index (χ1n) is 16.4. The van der Waals surface area contributed by atoms with Crippen molar-refractivity contribution in [2.45, 2.75) is 0 Å². The molecular formula is C41H28N6O6. The van der Waals surface area contributed by atoms with Gasteiger partial charge in [-0.1, -0.05) is 73.3 Å². The van der Waals surface area contributed by atoms with E-state index in [-0.39, 0.29) is 108 Å². The number of carbonyl (C=O) groups is 4. The van der Waals surface area contributed by atoms with Gasteiger partial charge in [-0.25, -0.2) is 0 Å². The number of nitrogens with one attached hydrogen (secondary N) is 3. The lowest BCUT2D eigenvalue weighted by atomic mass is 9.82. The molecule has 0 atom stereocenters. The summed E-state index contributed by atoms with van der Waals surface area (Å²) >= 11 is 0. The number of nitrogens with zero attached hydrogens (tertiary/aromatic N) is 3. The molecule has 1 heterocycles. The van der Waals surface area contributed by atoms with E-state index in [0.717, 1.165) is 5.56 Å². The Morgan fingerprint density at radius 1 is 0.509 bits per heavy atom. The largest absolute Gasteiger partial charge is 0.496 e. The van der Waals surface area contributed by atoms with E-state index in [0.29, 0.717) is 5.69 Å². The van der Waals surface area contributed by atoms with Crippen LogP contribution in [0.2, 0.25) is 0 Å². The summed E-state index contributed by atoms with van der Waals surface area (Å²) in [5.41, 5.74) is 3.50. The van der Waals surface area contributed by atoms with Crippen molar-refractivity contribution in [1.82, 2.24) is 15.0 Å². The standard InChI is InChI=1S/C41H28N6O6/c1-4-21-10-9-11-22(20-21)42-39-45-40(43-27-16-18-29(52-2)33-31(27)35(48)23-12-5-7-14-25(23)37(33)50)47-41(46-39)44-28-17-19-30(53-3)34-32(28)36(49)24-13-6-8-15-26(24)38(34)51/h4-20H,1H2,2-3H3,(H3,42,43,44,45,46,47). The predicted molar refractivity (Wildman–Crippen MR) is 199 cm³/mol. The molecule has 0 spiro atoms. The monoisotopic (exact) mass is 700 g/mol. The summed E-state index contributed by atoms with van der Waals surface area (Å²) in [5, 5.41) is 9.42. The third kappa shape index (κ3) is 5.54. The van der Waals surface area contributed by atoms with Gasteiger partial charge in [-0.15, -0.1) is 0 Å². The van der Waals surface area contributed by atoms with Gasteiger partial charge in [0.25, 0.3) is 0 Å². The van der Waals surface area contributed by atoms with Crippen LogP contribution in [0.15, 0.2) is 104 Å². The van der Waals surface area contributed by atoms with Crippen molar-refractivity contribution in [3.05, 3.63) is 154 Å². The van der Waals surface area contributed by atoms with Crippen LogP contribution in [0.3, 0.4) is 0 Å². The Balaban J connectivity index is 1.25. The normalized spacial score (nSPS) is 12.6. The number of ether oxygens (including phenoxy) is 2. The molecule has 12 heteroatoms. The number of hydrogen-bond acceptors (Lipinski definition) is 12. The highest BCUT2D eigenvalue weighted by Crippen LogP contribution is 2.40. The summed E-state index contributed by atoms with van der Waals surface area (Å²) in [7, 11) is 2.86. The lowest BCUT2D eigenvalue weighted by molar-refractivity contribution is 0.0977. The number of fused-ring (bicyclic) bond motifs is 4. The summed E-state index contributed by atoms with van der Waals surface area (Å²) < 4.78 is 11.0. The first-order valence-corrected chi connectivity index (χ1v) is 16.4. The minimum atomic E-state index is -0.378. The lowest BCUT2D eigenvalue weighted by Gasteiger charge is -2.23. The van der Waals surface area contributed by atoms with Gasteiger partial charge in [-0.05, 0) is 42.0 Å². The second-order valence-electron chi connectivity index (χ2n) is 12.0. The molecule has 2 aliphatic rings. The highest BCUT2D eigenvalue weighted by Gasteiger charge is 2.36. The number of methoxy groups -OCH3 is 2. The Morgan fingerprint density at radius 3 is 1.34 bits per heavy atom. The van der Waals surface area contributed by atoms with Gasteiger partial charge in [0, 0.05) is 27.9 Å². The van der Waals surface area contributed by atoms with Crippen LogP contribution in [-0.4, -0.2) is 52.3 Å². The second-order valence-corrected chi connectivity index (χ2v) is 12.0. The number of hydrogen-bond donors (Lipinski definition) is 3. The van der Waals surface area contributed by atoms with Crippen molar-refractivity contribution in [3.63, 3.8) is 0 Å². The fourth-order valence-corrected chi connectivity index (χ4v) is 6.59. The van der Waals surface area contributed by atoms with E-state index in [1.807, 2.05) is 24.3 Å². The van der Waals surface area contributed by atoms with Crippen LogP contribution in [0, 0.1) is 0 Å². The predicted octanol–water partition coefficient (Wildman–Crippen LogP) is 7.31. The summed E-state index contributed by atoms with van der Waals surface area (Å²) in [6, 6.07) is 27.0. The molecule has 0 aliphatic heterocycles. The molecule has 0 radical (unpaired) electrons. The van der Waals surface area contributed by atoms with Crippen molar-refractivity contribution in [2.75, 3.05) is 30.2 Å². The Morgan fingerprint density at radius 2 is 0.925 bits per heavy atom. The fourth-order valence-electron chi connectivity index (χ4n) is 6.59. The Kier molecular flexibility index (Phi) is 8.03. The van der Waals surface area contributed by atoms with Gasteiger partial charge in [-0.2, -0.15) is 15.0 Å². The average molecular weight is 701 g/mol. The minimum Gasteiger partial charge on any atom is -0.496 e. The fraction of sp³-hybridized carbons (Fsp3) is 0.0488. The van der Waals surface area contributed by atoms with Gasteiger partial charge in [0.05, 0.1) is 47.8 Å². The van der Waals surface area contributed by atoms with Crippen LogP contribution in [0.1, 0.15) is 69.2 Å². The number of aromatic nitrogens is 3. The maximum absolute atomic E-state index is 13.9. The van der Waals surface area contributed by atoms with Crippen LogP contribution in [0.5, 0.6) is 11.5 Å². The molecule has 0 bridgehead atoms. The van der Waals surface area contributed by atoms with E-state index in [4.69, 9.17) is 9.47 Å². The lowest BCUT2D eigenvalue weighted by Crippen LogP contribution is -2.23. The Labute approximate surface area is 302 Å². The number of rotatable bonds is 9. The van der Waals surface area contributed by atoms with Gasteiger partial charge < -0.3 is 25.4 Å². The first-order chi connectivity index (χ1) is 25.8. The number of anilines is 6. The van der Waals surface area contributed by atoms with Crippen LogP contribution >= 0.6 is 0 Å². The van der Waals surface area contributed by atoms with Crippen molar-refractivity contribution in [3.8, 4) is 11.5 Å². The first kappa shape index (κ1) is 32.7. The zero-order chi connectivity index (χ0) is 36.8. The zero-order valence-corrected chi connectivity index (χ0v) is 28.3. The summed E-state index contributed by atoms with van der Waals surface area (Å²) in [6.45, 7) is 3.84. The van der Waals surface area contributed by atoms with Gasteiger partial charge in [-0.3, -0.25) is 19.2 Å². The topological polar surface area (TPSA) is 162 Å². The zero-order valence-electron chi connectivity index (χ0n) is 28.3. The van der Waals surface area contributed by atoms with Crippen LogP contribution in [0.4, 0.5) is 34.9 Å². The molecule has 8 rings (SSSR count). The maximum atomic E-state index is 13.9. The van der Waals surface area contributed by atoms with E-state index in [1.165, 1.54) is 14.2 Å². The van der Waals surface area contributed by atoms with Crippen molar-refractivity contribution < 1.29 is 28.7 Å². The summed E-state index contributed by atoms with van der Waals surface area (Å²) in [5.74, 6) is -0.911. The van der Waals surface area contributed by atoms with E-state index in [1.54, 1.807) is 78.9 Å². The maximum Gasteiger partial charge on any atom is 0.233 e. The average Bonchev–Trinajstić information content (AvgIpc) is 3.18. The molecule has 12 nitrogen and oxygen atoms in total. The van der Waals surface area contributed by atoms with Crippen LogP contribution in [0.25, 0.3) is 6.08 Å². The van der Waals surface area contributed by atoms with Gasteiger partial charge in [0.1, 0.15) is 11.5 Å². The quantitative estimate of drug-likeness (QED) is 0.138. The Bertz CT molecular complexity index is 2430. The molecule has 2 aliphatic carbocycles. The summed E-state index contributed by atoms with van der Waals surface area (Å²) in [6.07, 6.45) is 1.70. The molecule has 1 aromatic heterocycles. The highest BCUT2D eigenvalue weighted by atomic mass is 16.5. The van der Waals surface area contributed by atoms with E-state index in [2.05, 4.69) is 37.5 Å². The molecule has 3 N–H and O–H groups in total. The summed E-state index contributed by atoms with van der Waals surface area (Å²) in [4.78, 5) is 69.1. The number of carbonyl (C=O) groups excluding carboxylic acids is 4. The highest BCUT2D eigenvalue weighted by molar-refractivity contribution is 6.32. The number of ketones is 4. The third-order valence-electron chi connectivity index (χ3n) is 9.02. The van der Waals surface area contributed by atoms with Crippen molar-refractivity contribution in [1.29, 1.82) is 0 Å². The van der Waals surface area contributed by atoms with E-state index >= 15 is 0 Å². The number of benzene rings is 5. The molecule has 53 heavy (non-hydrogen) atoms. The molecule has 0 saturated carbocycles. The minimum absolute atomic E-state index is 0.00789. The molecular weight excluding hydrogens is 672 g/mol. The SMILES string of the molecule is C=Cc1cccc(Nc2nc(Nc3ccc(OC)c4c3C(=O)c3ccccc3C4=O)nc(Nc3ccc(OC)c4c3C(=O)c3ccccc3C4=O)n2)c1. The van der Waals surface area contributed by atoms with E-state index in [9.17, 15) is 19.2 Å². The van der Waals surface area contributed by atoms with Gasteiger partial charge >= 0.3 is 0 Å². The third-order valence-corrected chi connectivity index (χ3v) is 9.02. The van der Waals surface area contributed by atoms with Gasteiger partial charge in [0.2, 0.25) is 17.8 Å². The molecule has 258 valence electrons. The molecule has 0 amide bonds. The second kappa shape index (κ2) is 13.0. The van der Waals surface area contributed by atoms with Crippen molar-refractivity contribution >= 4 is 64.1 Å². The Hall–Kier alpha value is -7.47. The smallest absolute Gasteiger partial charge is 0.233 e. The molecule has 5 aromatic carbocycles. The van der Waals surface area contributed by atoms with Crippen LogP contribution < -0.4 is 25.4 Å².